The lowest BCUT2D eigenvalue weighted by Gasteiger charge is -2.37. The van der Waals surface area contributed by atoms with Gasteiger partial charge in [-0.3, -0.25) is 0 Å². The van der Waals surface area contributed by atoms with Gasteiger partial charge in [-0.1, -0.05) is 233 Å². The number of hydrogen-bond donors (Lipinski definition) is 1. The summed E-state index contributed by atoms with van der Waals surface area (Å²) in [7, 11) is 0. The third kappa shape index (κ3) is 7.23. The van der Waals surface area contributed by atoms with Gasteiger partial charge in [-0.25, -0.2) is 0 Å². The second kappa shape index (κ2) is 17.1. The van der Waals surface area contributed by atoms with Crippen LogP contribution in [0, 0.1) is 0 Å². The van der Waals surface area contributed by atoms with Crippen molar-refractivity contribution < 1.29 is 0 Å². The molecule has 1 unspecified atom stereocenters. The normalized spacial score (nSPS) is 12.2. The van der Waals surface area contributed by atoms with Gasteiger partial charge in [0.05, 0.1) is 10.8 Å². The molecule has 0 aromatic heterocycles. The largest absolute Gasteiger partial charge is 0.355 e. The first kappa shape index (κ1) is 37.5. The molecule has 0 heterocycles. The van der Waals surface area contributed by atoms with E-state index in [0.29, 0.717) is 5.92 Å². The van der Waals surface area contributed by atoms with Crippen LogP contribution >= 0.6 is 0 Å². The number of nitrogens with one attached hydrogen (secondary N) is 1. The molecule has 0 aliphatic carbocycles. The van der Waals surface area contributed by atoms with E-state index in [1.54, 1.807) is 0 Å². The first-order valence-corrected chi connectivity index (χ1v) is 20.5. The van der Waals surface area contributed by atoms with Crippen molar-refractivity contribution in [2.45, 2.75) is 49.9 Å². The lowest BCUT2D eigenvalue weighted by Crippen LogP contribution is -2.31. The molecule has 0 saturated heterocycles. The van der Waals surface area contributed by atoms with Gasteiger partial charge in [-0.15, -0.1) is 0 Å². The Balaban J connectivity index is 1.26. The lowest BCUT2D eigenvalue weighted by atomic mass is 9.64. The fourth-order valence-electron chi connectivity index (χ4n) is 9.07. The molecular formula is C56H51N. The quantitative estimate of drug-likeness (QED) is 0.110. The molecule has 0 spiro atoms. The third-order valence-electron chi connectivity index (χ3n) is 11.8. The van der Waals surface area contributed by atoms with E-state index in [0.717, 1.165) is 17.8 Å². The van der Waals surface area contributed by atoms with Crippen LogP contribution < -0.4 is 5.32 Å². The van der Waals surface area contributed by atoms with Gasteiger partial charge in [0.2, 0.25) is 0 Å². The molecule has 1 N–H and O–H groups in total. The Bertz CT molecular complexity index is 2250. The maximum absolute atomic E-state index is 3.93. The van der Waals surface area contributed by atoms with Crippen molar-refractivity contribution in [2.75, 3.05) is 5.32 Å². The summed E-state index contributed by atoms with van der Waals surface area (Å²) in [6.07, 6.45) is 3.47. The molecule has 0 radical (unpaired) electrons. The molecule has 1 nitrogen and oxygen atoms in total. The summed E-state index contributed by atoms with van der Waals surface area (Å²) < 4.78 is 0. The molecule has 0 fully saturated rings. The predicted octanol–water partition coefficient (Wildman–Crippen LogP) is 14.5. The van der Waals surface area contributed by atoms with Crippen LogP contribution in [0.5, 0.6) is 0 Å². The zero-order valence-electron chi connectivity index (χ0n) is 33.1. The van der Waals surface area contributed by atoms with Gasteiger partial charge < -0.3 is 5.32 Å². The van der Waals surface area contributed by atoms with E-state index >= 15 is 0 Å². The van der Waals surface area contributed by atoms with Crippen LogP contribution in [0.1, 0.15) is 89.1 Å². The van der Waals surface area contributed by atoms with Gasteiger partial charge in [-0.2, -0.15) is 0 Å². The monoisotopic (exact) mass is 737 g/mol. The number of unbranched alkanes of at least 4 members (excludes halogenated alkanes) is 1. The average molecular weight is 738 g/mol. The highest BCUT2D eigenvalue weighted by atomic mass is 14.9. The second-order valence-electron chi connectivity index (χ2n) is 15.2. The first-order chi connectivity index (χ1) is 28.2. The van der Waals surface area contributed by atoms with Gasteiger partial charge >= 0.3 is 0 Å². The molecular weight excluding hydrogens is 687 g/mol. The van der Waals surface area contributed by atoms with Crippen molar-refractivity contribution in [2.24, 2.45) is 0 Å². The summed E-state index contributed by atoms with van der Waals surface area (Å²) in [5.41, 5.74) is 12.5. The zero-order valence-corrected chi connectivity index (χ0v) is 33.1. The van der Waals surface area contributed by atoms with Crippen molar-refractivity contribution in [3.8, 4) is 0 Å². The Kier molecular flexibility index (Phi) is 11.3. The Hall–Kier alpha value is -6.44. The fourth-order valence-corrected chi connectivity index (χ4v) is 9.07. The van der Waals surface area contributed by atoms with Crippen LogP contribution in [0.3, 0.4) is 0 Å². The van der Waals surface area contributed by atoms with E-state index in [9.17, 15) is 0 Å². The van der Waals surface area contributed by atoms with E-state index < -0.39 is 10.8 Å². The summed E-state index contributed by atoms with van der Waals surface area (Å²) in [5, 5.41) is 3.93. The smallest absolute Gasteiger partial charge is 0.0701 e. The fraction of sp³-hybridized carbons (Fsp3) is 0.143. The molecule has 8 aromatic rings. The second-order valence-corrected chi connectivity index (χ2v) is 15.2. The van der Waals surface area contributed by atoms with Crippen LogP contribution in [0.25, 0.3) is 0 Å². The molecule has 0 bridgehead atoms. The highest BCUT2D eigenvalue weighted by Crippen LogP contribution is 2.48. The molecule has 0 aliphatic rings. The number of anilines is 2. The Morgan fingerprint density at radius 1 is 0.386 bits per heavy atom. The maximum atomic E-state index is 3.93. The zero-order chi connectivity index (χ0) is 38.9. The Labute approximate surface area is 339 Å². The van der Waals surface area contributed by atoms with E-state index in [1.807, 2.05) is 0 Å². The summed E-state index contributed by atoms with van der Waals surface area (Å²) in [6.45, 7) is 4.68. The van der Waals surface area contributed by atoms with Crippen molar-refractivity contribution in [3.05, 3.63) is 275 Å². The van der Waals surface area contributed by atoms with Gasteiger partial charge in [0.1, 0.15) is 0 Å². The predicted molar refractivity (Wildman–Crippen MR) is 241 cm³/mol. The molecule has 1 atom stereocenters. The maximum Gasteiger partial charge on any atom is 0.0701 e. The lowest BCUT2D eigenvalue weighted by molar-refractivity contribution is 0.623. The SMILES string of the molecule is CCCCC(C)c1cc(C(c2ccccc2)(c2ccccc2)c2ccccc2)ccc1Nc1ccc(C(c2ccccc2)(c2ccccc2)c2ccccc2)cc1. The highest BCUT2D eigenvalue weighted by Gasteiger charge is 2.40. The number of rotatable bonds is 14. The van der Waals surface area contributed by atoms with Crippen LogP contribution in [-0.2, 0) is 10.8 Å². The van der Waals surface area contributed by atoms with E-state index in [-0.39, 0.29) is 0 Å². The van der Waals surface area contributed by atoms with E-state index in [2.05, 4.69) is 244 Å². The standard InChI is InChI=1S/C56H51N/c1-3-4-23-43(2)53-42-51(56(47-30-17-8-18-31-47,48-32-19-9-20-33-48)49-34-21-10-22-35-49)38-41-54(53)57-52-39-36-50(37-40-52)55(44-24-11-5-12-25-44,45-26-13-6-14-27-45)46-28-15-7-16-29-46/h5-22,24-43,57H,3-4,23H2,1-2H3. The van der Waals surface area contributed by atoms with Crippen LogP contribution in [0.2, 0.25) is 0 Å². The van der Waals surface area contributed by atoms with Crippen molar-refractivity contribution in [1.82, 2.24) is 0 Å². The van der Waals surface area contributed by atoms with Crippen LogP contribution in [0.15, 0.2) is 224 Å². The van der Waals surface area contributed by atoms with Gasteiger partial charge in [0.25, 0.3) is 0 Å². The minimum Gasteiger partial charge on any atom is -0.355 e. The van der Waals surface area contributed by atoms with E-state index in [4.69, 9.17) is 0 Å². The topological polar surface area (TPSA) is 12.0 Å². The van der Waals surface area contributed by atoms with Gasteiger partial charge in [0.15, 0.2) is 0 Å². The summed E-state index contributed by atoms with van der Waals surface area (Å²) >= 11 is 0. The molecule has 280 valence electrons. The molecule has 57 heavy (non-hydrogen) atoms. The molecule has 0 aliphatic heterocycles. The highest BCUT2D eigenvalue weighted by molar-refractivity contribution is 5.69. The minimum absolute atomic E-state index is 0.355. The number of hydrogen-bond acceptors (Lipinski definition) is 1. The Morgan fingerprint density at radius 2 is 0.702 bits per heavy atom. The summed E-state index contributed by atoms with van der Waals surface area (Å²) in [4.78, 5) is 0. The number of benzene rings is 8. The van der Waals surface area contributed by atoms with E-state index in [1.165, 1.54) is 62.9 Å². The minimum atomic E-state index is -0.501. The molecule has 0 saturated carbocycles. The van der Waals surface area contributed by atoms with Crippen molar-refractivity contribution in [1.29, 1.82) is 0 Å². The van der Waals surface area contributed by atoms with Gasteiger partial charge in [0, 0.05) is 11.4 Å². The Morgan fingerprint density at radius 3 is 1.05 bits per heavy atom. The third-order valence-corrected chi connectivity index (χ3v) is 11.8. The first-order valence-electron chi connectivity index (χ1n) is 20.5. The molecule has 1 heteroatoms. The summed E-state index contributed by atoms with van der Waals surface area (Å²) in [6, 6.07) is 82.2. The molecule has 8 aromatic carbocycles. The summed E-state index contributed by atoms with van der Waals surface area (Å²) in [5.74, 6) is 0.355. The van der Waals surface area contributed by atoms with Crippen molar-refractivity contribution in [3.63, 3.8) is 0 Å². The van der Waals surface area contributed by atoms with Crippen molar-refractivity contribution >= 4 is 11.4 Å². The molecule has 8 rings (SSSR count). The van der Waals surface area contributed by atoms with Gasteiger partial charge in [-0.05, 0) is 80.6 Å². The van der Waals surface area contributed by atoms with Crippen LogP contribution in [0.4, 0.5) is 11.4 Å². The average Bonchev–Trinajstić information content (AvgIpc) is 3.29. The van der Waals surface area contributed by atoms with Crippen LogP contribution in [-0.4, -0.2) is 0 Å². The molecule has 0 amide bonds.